The van der Waals surface area contributed by atoms with Crippen LogP contribution in [0.4, 0.5) is 10.2 Å². The third-order valence-electron chi connectivity index (χ3n) is 4.25. The van der Waals surface area contributed by atoms with Crippen LogP contribution in [0.25, 0.3) is 10.8 Å². The molecular formula is C20H25FN2O2. The van der Waals surface area contributed by atoms with Crippen molar-refractivity contribution >= 4 is 22.6 Å². The second-order valence-electron chi connectivity index (χ2n) is 5.71. The number of allylic oxidation sites excluding steroid dienone is 1. The number of hydrogen-bond donors (Lipinski definition) is 0. The number of rotatable bonds is 3. The number of aromatic nitrogens is 1. The van der Waals surface area contributed by atoms with Crippen molar-refractivity contribution < 1.29 is 13.9 Å². The Labute approximate surface area is 148 Å². The van der Waals surface area contributed by atoms with E-state index >= 15 is 0 Å². The quantitative estimate of drug-likeness (QED) is 0.613. The Kier molecular flexibility index (Phi) is 6.92. The topological polar surface area (TPSA) is 42.4 Å². The summed E-state index contributed by atoms with van der Waals surface area (Å²) < 4.78 is 18.2. The number of hydrogen-bond acceptors (Lipinski definition) is 4. The van der Waals surface area contributed by atoms with E-state index in [0.717, 1.165) is 42.5 Å². The van der Waals surface area contributed by atoms with E-state index in [1.165, 1.54) is 19.3 Å². The van der Waals surface area contributed by atoms with Crippen LogP contribution in [0.2, 0.25) is 0 Å². The number of carbonyl (C=O) groups is 1. The number of anilines is 1. The van der Waals surface area contributed by atoms with E-state index in [9.17, 15) is 9.18 Å². The third-order valence-corrected chi connectivity index (χ3v) is 4.25. The molecule has 0 amide bonds. The van der Waals surface area contributed by atoms with Gasteiger partial charge in [-0.3, -0.25) is 0 Å². The number of halogens is 1. The van der Waals surface area contributed by atoms with Crippen LogP contribution in [-0.2, 0) is 9.53 Å². The molecule has 1 saturated heterocycles. The Morgan fingerprint density at radius 2 is 2.00 bits per heavy atom. The number of fused-ring (bicyclic) bond motifs is 1. The fraction of sp³-hybridized carbons (Fsp3) is 0.400. The number of carbonyl (C=O) groups excluding carboxylic acids is 1. The lowest BCUT2D eigenvalue weighted by atomic mass is 9.96. The molecule has 0 unspecified atom stereocenters. The zero-order chi connectivity index (χ0) is 18.2. The van der Waals surface area contributed by atoms with Crippen LogP contribution in [0.15, 0.2) is 42.6 Å². The molecule has 1 aromatic heterocycles. The van der Waals surface area contributed by atoms with Gasteiger partial charge in [0.1, 0.15) is 11.6 Å². The summed E-state index contributed by atoms with van der Waals surface area (Å²) in [7, 11) is 1.38. The van der Waals surface area contributed by atoms with Crippen molar-refractivity contribution in [3.63, 3.8) is 0 Å². The minimum absolute atomic E-state index is 0.248. The number of methoxy groups -OCH3 is 1. The normalized spacial score (nSPS) is 15.1. The summed E-state index contributed by atoms with van der Waals surface area (Å²) in [5.41, 5.74) is 0. The van der Waals surface area contributed by atoms with Gasteiger partial charge in [-0.25, -0.2) is 14.2 Å². The van der Waals surface area contributed by atoms with Gasteiger partial charge >= 0.3 is 5.97 Å². The highest BCUT2D eigenvalue weighted by Crippen LogP contribution is 2.29. The molecular weight excluding hydrogens is 319 g/mol. The number of nitrogens with zero attached hydrogens (tertiary/aromatic N) is 2. The highest BCUT2D eigenvalue weighted by atomic mass is 19.1. The van der Waals surface area contributed by atoms with Gasteiger partial charge in [-0.2, -0.15) is 0 Å². The van der Waals surface area contributed by atoms with Gasteiger partial charge in [-0.05, 0) is 42.3 Å². The smallest absolute Gasteiger partial charge is 0.330 e. The van der Waals surface area contributed by atoms with E-state index in [2.05, 4.69) is 14.6 Å². The van der Waals surface area contributed by atoms with Crippen molar-refractivity contribution in [2.45, 2.75) is 26.7 Å². The van der Waals surface area contributed by atoms with Crippen molar-refractivity contribution in [2.24, 2.45) is 5.92 Å². The van der Waals surface area contributed by atoms with Crippen molar-refractivity contribution in [1.29, 1.82) is 0 Å². The van der Waals surface area contributed by atoms with E-state index in [1.54, 1.807) is 18.3 Å². The lowest BCUT2D eigenvalue weighted by Gasteiger charge is -2.32. The second-order valence-corrected chi connectivity index (χ2v) is 5.71. The molecule has 1 fully saturated rings. The molecule has 4 nitrogen and oxygen atoms in total. The van der Waals surface area contributed by atoms with Crippen LogP contribution in [0.1, 0.15) is 26.7 Å². The van der Waals surface area contributed by atoms with Gasteiger partial charge in [-0.15, -0.1) is 0 Å². The minimum atomic E-state index is -0.321. The lowest BCUT2D eigenvalue weighted by molar-refractivity contribution is -0.134. The van der Waals surface area contributed by atoms with Crippen molar-refractivity contribution in [2.75, 3.05) is 25.1 Å². The van der Waals surface area contributed by atoms with E-state index in [-0.39, 0.29) is 11.8 Å². The first-order chi connectivity index (χ1) is 12.2. The molecule has 3 rings (SSSR count). The van der Waals surface area contributed by atoms with Gasteiger partial charge < -0.3 is 9.64 Å². The van der Waals surface area contributed by atoms with Crippen molar-refractivity contribution in [3.8, 4) is 0 Å². The van der Waals surface area contributed by atoms with Crippen molar-refractivity contribution in [1.82, 2.24) is 4.98 Å². The fourth-order valence-corrected chi connectivity index (χ4v) is 2.96. The molecule has 0 aliphatic carbocycles. The van der Waals surface area contributed by atoms with Gasteiger partial charge in [0.2, 0.25) is 0 Å². The summed E-state index contributed by atoms with van der Waals surface area (Å²) in [5, 5.41) is 1.83. The van der Waals surface area contributed by atoms with Crippen LogP contribution in [0.5, 0.6) is 0 Å². The first-order valence-electron chi connectivity index (χ1n) is 8.73. The van der Waals surface area contributed by atoms with Crippen LogP contribution in [-0.4, -0.2) is 31.2 Å². The summed E-state index contributed by atoms with van der Waals surface area (Å²) in [5.74, 6) is 0.621. The number of benzene rings is 1. The molecule has 0 spiro atoms. The maximum atomic E-state index is 13.6. The Morgan fingerprint density at radius 3 is 2.68 bits per heavy atom. The first-order valence-corrected chi connectivity index (χ1v) is 8.73. The number of ether oxygens (including phenoxy) is 1. The molecule has 2 heterocycles. The SMILES string of the molecule is CC.COC(=O)/C=C/C1CCN(c2nccc3ccc(F)cc23)CC1. The molecule has 134 valence electrons. The first kappa shape index (κ1) is 18.9. The van der Waals surface area contributed by atoms with Crippen LogP contribution < -0.4 is 4.90 Å². The monoisotopic (exact) mass is 344 g/mol. The average Bonchev–Trinajstić information content (AvgIpc) is 2.67. The second kappa shape index (κ2) is 9.16. The largest absolute Gasteiger partial charge is 0.466 e. The van der Waals surface area contributed by atoms with Gasteiger partial charge in [0.05, 0.1) is 7.11 Å². The molecule has 0 atom stereocenters. The van der Waals surface area contributed by atoms with Gasteiger partial charge in [0.15, 0.2) is 0 Å². The Morgan fingerprint density at radius 1 is 1.28 bits per heavy atom. The molecule has 2 aromatic rings. The Balaban J connectivity index is 0.00000109. The molecule has 0 N–H and O–H groups in total. The molecule has 0 bridgehead atoms. The van der Waals surface area contributed by atoms with Crippen LogP contribution in [0, 0.1) is 11.7 Å². The molecule has 0 radical (unpaired) electrons. The van der Waals surface area contributed by atoms with Crippen LogP contribution >= 0.6 is 0 Å². The fourth-order valence-electron chi connectivity index (χ4n) is 2.96. The summed E-state index contributed by atoms with van der Waals surface area (Å²) in [4.78, 5) is 17.8. The van der Waals surface area contributed by atoms with Gasteiger partial charge in [0.25, 0.3) is 0 Å². The van der Waals surface area contributed by atoms with E-state index in [1.807, 2.05) is 26.0 Å². The minimum Gasteiger partial charge on any atom is -0.466 e. The molecule has 1 aliphatic rings. The molecule has 1 aromatic carbocycles. The van der Waals surface area contributed by atoms with E-state index in [0.29, 0.717) is 5.92 Å². The lowest BCUT2D eigenvalue weighted by Crippen LogP contribution is -2.33. The predicted octanol–water partition coefficient (Wildman–Crippen LogP) is 4.35. The summed E-state index contributed by atoms with van der Waals surface area (Å²) in [6.45, 7) is 5.66. The van der Waals surface area contributed by atoms with Crippen molar-refractivity contribution in [3.05, 3.63) is 48.4 Å². The summed E-state index contributed by atoms with van der Waals surface area (Å²) >= 11 is 0. The number of piperidine rings is 1. The number of pyridine rings is 1. The van der Waals surface area contributed by atoms with E-state index in [4.69, 9.17) is 0 Å². The number of esters is 1. The maximum Gasteiger partial charge on any atom is 0.330 e. The molecule has 1 aliphatic heterocycles. The Hall–Kier alpha value is -2.43. The van der Waals surface area contributed by atoms with Gasteiger partial charge in [0, 0.05) is 30.7 Å². The molecule has 5 heteroatoms. The highest BCUT2D eigenvalue weighted by molar-refractivity contribution is 5.92. The molecule has 25 heavy (non-hydrogen) atoms. The average molecular weight is 344 g/mol. The zero-order valence-electron chi connectivity index (χ0n) is 15.0. The highest BCUT2D eigenvalue weighted by Gasteiger charge is 2.20. The summed E-state index contributed by atoms with van der Waals surface area (Å²) in [6.07, 6.45) is 7.03. The maximum absolute atomic E-state index is 13.6. The third kappa shape index (κ3) is 4.78. The van der Waals surface area contributed by atoms with Crippen LogP contribution in [0.3, 0.4) is 0 Å². The zero-order valence-corrected chi connectivity index (χ0v) is 15.0. The Bertz CT molecular complexity index is 738. The standard InChI is InChI=1S/C18H19FN2O2.C2H6/c1-23-17(22)5-2-13-7-10-21(11-8-13)18-16-12-15(19)4-3-14(16)6-9-20-18;1-2/h2-6,9,12-13H,7-8,10-11H2,1H3;1-2H3/b5-2+;. The summed E-state index contributed by atoms with van der Waals surface area (Å²) in [6, 6.07) is 6.68. The predicted molar refractivity (Wildman–Crippen MR) is 99.1 cm³/mol. The molecule has 0 saturated carbocycles. The van der Waals surface area contributed by atoms with E-state index < -0.39 is 0 Å². The van der Waals surface area contributed by atoms with Gasteiger partial charge in [-0.1, -0.05) is 26.0 Å².